The van der Waals surface area contributed by atoms with Gasteiger partial charge in [0.2, 0.25) is 5.82 Å². The van der Waals surface area contributed by atoms with E-state index < -0.39 is 0 Å². The summed E-state index contributed by atoms with van der Waals surface area (Å²) < 4.78 is 0. The molecule has 0 aliphatic rings. The number of pyridine rings is 1. The Labute approximate surface area is 115 Å². The lowest BCUT2D eigenvalue weighted by Gasteiger charge is -2.02. The number of benzene rings is 1. The Hall–Kier alpha value is -2.80. The third-order valence-corrected chi connectivity index (χ3v) is 2.77. The highest BCUT2D eigenvalue weighted by Gasteiger charge is 2.06. The molecule has 3 aromatic rings. The number of nitrogens with zero attached hydrogens (tertiary/aromatic N) is 5. The highest BCUT2D eigenvalue weighted by Crippen LogP contribution is 2.12. The Kier molecular flexibility index (Phi) is 3.34. The van der Waals surface area contributed by atoms with Crippen molar-refractivity contribution < 1.29 is 0 Å². The molecule has 100 valence electrons. The van der Waals surface area contributed by atoms with Crippen LogP contribution in [0.4, 0.5) is 5.69 Å². The average molecular weight is 267 g/mol. The van der Waals surface area contributed by atoms with Gasteiger partial charge in [-0.25, -0.2) is 0 Å². The summed E-state index contributed by atoms with van der Waals surface area (Å²) in [6, 6.07) is 13.3. The van der Waals surface area contributed by atoms with E-state index >= 15 is 0 Å². The fraction of sp³-hybridized carbons (Fsp3) is 0.0769. The summed E-state index contributed by atoms with van der Waals surface area (Å²) in [5.74, 6) is 5.96. The van der Waals surface area contributed by atoms with E-state index in [1.165, 1.54) is 4.80 Å². The second-order valence-electron chi connectivity index (χ2n) is 4.19. The molecule has 7 nitrogen and oxygen atoms in total. The van der Waals surface area contributed by atoms with Gasteiger partial charge < -0.3 is 5.43 Å². The van der Waals surface area contributed by atoms with E-state index in [9.17, 15) is 0 Å². The van der Waals surface area contributed by atoms with Crippen LogP contribution in [0.3, 0.4) is 0 Å². The number of nitrogens with two attached hydrogens (primary N) is 1. The molecule has 0 unspecified atom stereocenters. The predicted molar refractivity (Wildman–Crippen MR) is 74.4 cm³/mol. The molecule has 0 saturated carbocycles. The number of tetrazole rings is 1. The lowest BCUT2D eigenvalue weighted by Crippen LogP contribution is -2.09. The van der Waals surface area contributed by atoms with Crippen LogP contribution in [0.5, 0.6) is 0 Å². The van der Waals surface area contributed by atoms with E-state index in [2.05, 4.69) is 25.8 Å². The standard InChI is InChI=1S/C13H13N7/c14-16-11-6-7-15-12(8-11)9-20-18-13(17-19-20)10-4-2-1-3-5-10/h1-8H,9,14H2,(H,15,16). The molecular weight excluding hydrogens is 254 g/mol. The molecule has 0 fully saturated rings. The fourth-order valence-electron chi connectivity index (χ4n) is 1.81. The number of aromatic nitrogens is 5. The van der Waals surface area contributed by atoms with Gasteiger partial charge in [-0.3, -0.25) is 10.8 Å². The van der Waals surface area contributed by atoms with Crippen molar-refractivity contribution in [3.05, 3.63) is 54.4 Å². The average Bonchev–Trinajstić information content (AvgIpc) is 2.97. The number of rotatable bonds is 4. The second kappa shape index (κ2) is 5.45. The highest BCUT2D eigenvalue weighted by molar-refractivity contribution is 5.53. The number of nitrogens with one attached hydrogen (secondary N) is 1. The van der Waals surface area contributed by atoms with Crippen LogP contribution < -0.4 is 11.3 Å². The van der Waals surface area contributed by atoms with Crippen LogP contribution >= 0.6 is 0 Å². The molecule has 0 bridgehead atoms. The normalized spacial score (nSPS) is 10.4. The minimum Gasteiger partial charge on any atom is -0.324 e. The maximum Gasteiger partial charge on any atom is 0.204 e. The molecule has 0 spiro atoms. The van der Waals surface area contributed by atoms with Gasteiger partial charge in [0.05, 0.1) is 11.4 Å². The van der Waals surface area contributed by atoms with E-state index in [-0.39, 0.29) is 0 Å². The minimum absolute atomic E-state index is 0.440. The van der Waals surface area contributed by atoms with E-state index in [1.54, 1.807) is 12.3 Å². The van der Waals surface area contributed by atoms with Crippen molar-refractivity contribution in [2.24, 2.45) is 5.84 Å². The molecule has 0 aliphatic carbocycles. The second-order valence-corrected chi connectivity index (χ2v) is 4.19. The number of hydrogen-bond donors (Lipinski definition) is 2. The first kappa shape index (κ1) is 12.2. The summed E-state index contributed by atoms with van der Waals surface area (Å²) in [5.41, 5.74) is 5.11. The van der Waals surface area contributed by atoms with Crippen LogP contribution in [0.2, 0.25) is 0 Å². The molecule has 1 aromatic carbocycles. The lowest BCUT2D eigenvalue weighted by molar-refractivity contribution is 0.564. The van der Waals surface area contributed by atoms with Crippen LogP contribution in [0.15, 0.2) is 48.7 Å². The van der Waals surface area contributed by atoms with Crippen molar-refractivity contribution in [2.45, 2.75) is 6.54 Å². The smallest absolute Gasteiger partial charge is 0.204 e. The number of hydrazine groups is 1. The quantitative estimate of drug-likeness (QED) is 0.542. The zero-order chi connectivity index (χ0) is 13.8. The van der Waals surface area contributed by atoms with E-state index in [4.69, 9.17) is 5.84 Å². The van der Waals surface area contributed by atoms with Gasteiger partial charge in [0, 0.05) is 11.8 Å². The maximum atomic E-state index is 5.36. The maximum absolute atomic E-state index is 5.36. The van der Waals surface area contributed by atoms with E-state index in [0.717, 1.165) is 16.9 Å². The van der Waals surface area contributed by atoms with Gasteiger partial charge in [-0.2, -0.15) is 4.80 Å². The topological polar surface area (TPSA) is 94.5 Å². The van der Waals surface area contributed by atoms with Crippen molar-refractivity contribution in [3.8, 4) is 11.4 Å². The molecule has 7 heteroatoms. The van der Waals surface area contributed by atoms with Gasteiger partial charge in [0.15, 0.2) is 0 Å². The summed E-state index contributed by atoms with van der Waals surface area (Å²) >= 11 is 0. The van der Waals surface area contributed by atoms with Crippen molar-refractivity contribution in [1.29, 1.82) is 0 Å². The molecule has 0 atom stereocenters. The van der Waals surface area contributed by atoms with Gasteiger partial charge in [-0.15, -0.1) is 10.2 Å². The molecule has 3 N–H and O–H groups in total. The first-order chi connectivity index (χ1) is 9.85. The summed E-state index contributed by atoms with van der Waals surface area (Å²) in [6.45, 7) is 0.440. The van der Waals surface area contributed by atoms with Crippen molar-refractivity contribution in [2.75, 3.05) is 5.43 Å². The van der Waals surface area contributed by atoms with Crippen LogP contribution in [-0.2, 0) is 6.54 Å². The molecule has 2 heterocycles. The highest BCUT2D eigenvalue weighted by atomic mass is 15.6. The molecule has 0 saturated heterocycles. The van der Waals surface area contributed by atoms with Crippen LogP contribution in [0.25, 0.3) is 11.4 Å². The largest absolute Gasteiger partial charge is 0.324 e. The first-order valence-corrected chi connectivity index (χ1v) is 6.10. The molecule has 2 aromatic heterocycles. The van der Waals surface area contributed by atoms with Crippen molar-refractivity contribution in [1.82, 2.24) is 25.2 Å². The van der Waals surface area contributed by atoms with E-state index in [0.29, 0.717) is 12.4 Å². The van der Waals surface area contributed by atoms with Gasteiger partial charge in [-0.05, 0) is 17.3 Å². The third-order valence-electron chi connectivity index (χ3n) is 2.77. The number of hydrogen-bond acceptors (Lipinski definition) is 6. The molecule has 0 radical (unpaired) electrons. The third kappa shape index (κ3) is 2.62. The fourth-order valence-corrected chi connectivity index (χ4v) is 1.81. The summed E-state index contributed by atoms with van der Waals surface area (Å²) in [7, 11) is 0. The van der Waals surface area contributed by atoms with Gasteiger partial charge in [-0.1, -0.05) is 30.3 Å². The van der Waals surface area contributed by atoms with Crippen molar-refractivity contribution >= 4 is 5.69 Å². The number of anilines is 1. The Morgan fingerprint density at radius 3 is 2.80 bits per heavy atom. The van der Waals surface area contributed by atoms with Gasteiger partial charge in [0.1, 0.15) is 6.54 Å². The van der Waals surface area contributed by atoms with Crippen molar-refractivity contribution in [3.63, 3.8) is 0 Å². The Morgan fingerprint density at radius 1 is 1.15 bits per heavy atom. The number of nitrogen functional groups attached to an aromatic ring is 1. The molecule has 0 amide bonds. The minimum atomic E-state index is 0.440. The first-order valence-electron chi connectivity index (χ1n) is 6.10. The molecule has 20 heavy (non-hydrogen) atoms. The zero-order valence-corrected chi connectivity index (χ0v) is 10.6. The van der Waals surface area contributed by atoms with Crippen LogP contribution in [0, 0.1) is 0 Å². The Morgan fingerprint density at radius 2 is 2.00 bits per heavy atom. The molecule has 0 aliphatic heterocycles. The van der Waals surface area contributed by atoms with Gasteiger partial charge >= 0.3 is 0 Å². The Balaban J connectivity index is 1.80. The predicted octanol–water partition coefficient (Wildman–Crippen LogP) is 1.07. The summed E-state index contributed by atoms with van der Waals surface area (Å²) in [6.07, 6.45) is 1.68. The molecular formula is C13H13N7. The monoisotopic (exact) mass is 267 g/mol. The van der Waals surface area contributed by atoms with E-state index in [1.807, 2.05) is 36.4 Å². The Bertz CT molecular complexity index is 693. The van der Waals surface area contributed by atoms with Gasteiger partial charge in [0.25, 0.3) is 0 Å². The van der Waals surface area contributed by atoms with Crippen LogP contribution in [-0.4, -0.2) is 25.2 Å². The summed E-state index contributed by atoms with van der Waals surface area (Å²) in [5, 5.41) is 12.4. The van der Waals surface area contributed by atoms with Crippen LogP contribution in [0.1, 0.15) is 5.69 Å². The summed E-state index contributed by atoms with van der Waals surface area (Å²) in [4.78, 5) is 5.75. The zero-order valence-electron chi connectivity index (χ0n) is 10.6. The lowest BCUT2D eigenvalue weighted by atomic mass is 10.2. The molecule has 3 rings (SSSR count). The SMILES string of the molecule is NNc1ccnc(Cn2nnc(-c3ccccc3)n2)c1.